The minimum absolute atomic E-state index is 0.301. The zero-order chi connectivity index (χ0) is 11.4. The van der Waals surface area contributed by atoms with Gasteiger partial charge in [-0.3, -0.25) is 0 Å². The SMILES string of the molecule is CCCOC(=O)O.CCCOC(=O)O. The largest absolute Gasteiger partial charge is 0.505 e. The van der Waals surface area contributed by atoms with Crippen LogP contribution in [0.4, 0.5) is 9.59 Å². The van der Waals surface area contributed by atoms with Crippen LogP contribution in [-0.2, 0) is 9.47 Å². The quantitative estimate of drug-likeness (QED) is 0.688. The first-order valence-electron chi connectivity index (χ1n) is 4.26. The van der Waals surface area contributed by atoms with Gasteiger partial charge in [0.05, 0.1) is 13.2 Å². The van der Waals surface area contributed by atoms with Gasteiger partial charge in [0.2, 0.25) is 0 Å². The van der Waals surface area contributed by atoms with Gasteiger partial charge in [0.1, 0.15) is 0 Å². The van der Waals surface area contributed by atoms with Crippen molar-refractivity contribution in [1.82, 2.24) is 0 Å². The maximum atomic E-state index is 9.54. The van der Waals surface area contributed by atoms with Crippen molar-refractivity contribution in [3.8, 4) is 0 Å². The molecule has 0 fully saturated rings. The normalized spacial score (nSPS) is 8.14. The topological polar surface area (TPSA) is 93.1 Å². The van der Waals surface area contributed by atoms with Gasteiger partial charge in [0.15, 0.2) is 0 Å². The predicted octanol–water partition coefficient (Wildman–Crippen LogP) is 2.18. The molecule has 0 rings (SSSR count). The lowest BCUT2D eigenvalue weighted by Gasteiger charge is -1.91. The summed E-state index contributed by atoms with van der Waals surface area (Å²) >= 11 is 0. The molecule has 0 aliphatic carbocycles. The summed E-state index contributed by atoms with van der Waals surface area (Å²) in [6.45, 7) is 4.30. The number of hydrogen-bond donors (Lipinski definition) is 2. The highest BCUT2D eigenvalue weighted by Gasteiger charge is 1.90. The molecule has 2 N–H and O–H groups in total. The molecule has 0 heterocycles. The molecular formula is C8H16O6. The van der Waals surface area contributed by atoms with Crippen molar-refractivity contribution in [2.24, 2.45) is 0 Å². The smallest absolute Gasteiger partial charge is 0.450 e. The Bertz CT molecular complexity index is 138. The Morgan fingerprint density at radius 2 is 1.21 bits per heavy atom. The van der Waals surface area contributed by atoms with Crippen LogP contribution in [0.3, 0.4) is 0 Å². The van der Waals surface area contributed by atoms with E-state index >= 15 is 0 Å². The highest BCUT2D eigenvalue weighted by molar-refractivity contribution is 5.56. The minimum Gasteiger partial charge on any atom is -0.450 e. The second-order valence-electron chi connectivity index (χ2n) is 2.23. The van der Waals surface area contributed by atoms with Crippen LogP contribution < -0.4 is 0 Å². The molecule has 0 aromatic carbocycles. The van der Waals surface area contributed by atoms with Crippen LogP contribution >= 0.6 is 0 Å². The molecule has 0 amide bonds. The molecule has 6 nitrogen and oxygen atoms in total. The van der Waals surface area contributed by atoms with E-state index in [0.717, 1.165) is 12.8 Å². The van der Waals surface area contributed by atoms with Crippen molar-refractivity contribution in [1.29, 1.82) is 0 Å². The van der Waals surface area contributed by atoms with Crippen LogP contribution in [0.1, 0.15) is 26.7 Å². The van der Waals surface area contributed by atoms with E-state index in [9.17, 15) is 9.59 Å². The maximum Gasteiger partial charge on any atom is 0.505 e. The van der Waals surface area contributed by atoms with Crippen LogP contribution in [0.5, 0.6) is 0 Å². The van der Waals surface area contributed by atoms with Crippen molar-refractivity contribution in [2.75, 3.05) is 13.2 Å². The zero-order valence-electron chi connectivity index (χ0n) is 8.36. The van der Waals surface area contributed by atoms with Gasteiger partial charge in [-0.05, 0) is 12.8 Å². The lowest BCUT2D eigenvalue weighted by Crippen LogP contribution is -1.99. The summed E-state index contributed by atoms with van der Waals surface area (Å²) in [5.41, 5.74) is 0. The van der Waals surface area contributed by atoms with E-state index in [1.165, 1.54) is 0 Å². The molecule has 0 aliphatic rings. The number of hydrogen-bond acceptors (Lipinski definition) is 4. The standard InChI is InChI=1S/2C4H8O3/c2*1-2-3-7-4(5)6/h2*2-3H2,1H3,(H,5,6). The van der Waals surface area contributed by atoms with Gasteiger partial charge < -0.3 is 19.7 Å². The first-order valence-corrected chi connectivity index (χ1v) is 4.26. The van der Waals surface area contributed by atoms with Crippen molar-refractivity contribution in [2.45, 2.75) is 26.7 Å². The Labute approximate surface area is 82.4 Å². The zero-order valence-corrected chi connectivity index (χ0v) is 8.36. The highest BCUT2D eigenvalue weighted by atomic mass is 16.7. The number of rotatable bonds is 4. The Kier molecular flexibility index (Phi) is 12.4. The molecule has 84 valence electrons. The molecule has 0 spiro atoms. The monoisotopic (exact) mass is 208 g/mol. The van der Waals surface area contributed by atoms with Gasteiger partial charge in [-0.2, -0.15) is 0 Å². The Morgan fingerprint density at radius 1 is 0.929 bits per heavy atom. The predicted molar refractivity (Wildman–Crippen MR) is 48.5 cm³/mol. The number of ether oxygens (including phenoxy) is 2. The molecule has 0 aromatic rings. The minimum atomic E-state index is -1.19. The molecule has 0 aliphatic heterocycles. The fourth-order valence-corrected chi connectivity index (χ4v) is 0.379. The van der Waals surface area contributed by atoms with Crippen LogP contribution in [-0.4, -0.2) is 35.7 Å². The highest BCUT2D eigenvalue weighted by Crippen LogP contribution is 1.79. The number of carboxylic acid groups (broad SMARTS) is 2. The van der Waals surface area contributed by atoms with Gasteiger partial charge in [-0.15, -0.1) is 0 Å². The van der Waals surface area contributed by atoms with Crippen molar-refractivity contribution in [3.05, 3.63) is 0 Å². The molecule has 6 heteroatoms. The van der Waals surface area contributed by atoms with Gasteiger partial charge >= 0.3 is 12.3 Å². The van der Waals surface area contributed by atoms with Crippen molar-refractivity contribution < 1.29 is 29.3 Å². The summed E-state index contributed by atoms with van der Waals surface area (Å²) in [6.07, 6.45) is -0.901. The Morgan fingerprint density at radius 3 is 1.29 bits per heavy atom. The summed E-state index contributed by atoms with van der Waals surface area (Å²) < 4.78 is 8.22. The summed E-state index contributed by atoms with van der Waals surface area (Å²) in [5, 5.41) is 15.6. The first-order chi connectivity index (χ1) is 6.54. The van der Waals surface area contributed by atoms with Gasteiger partial charge in [-0.25, -0.2) is 9.59 Å². The van der Waals surface area contributed by atoms with E-state index in [4.69, 9.17) is 10.2 Å². The summed E-state index contributed by atoms with van der Waals surface area (Å²) in [6, 6.07) is 0. The second kappa shape index (κ2) is 11.5. The molecule has 0 aromatic heterocycles. The van der Waals surface area contributed by atoms with Crippen LogP contribution in [0.15, 0.2) is 0 Å². The second-order valence-corrected chi connectivity index (χ2v) is 2.23. The molecule has 0 unspecified atom stereocenters. The fraction of sp³-hybridized carbons (Fsp3) is 0.750. The average molecular weight is 208 g/mol. The Hall–Kier alpha value is -1.46. The average Bonchev–Trinajstić information content (AvgIpc) is 2.12. The van der Waals surface area contributed by atoms with Crippen LogP contribution in [0.25, 0.3) is 0 Å². The van der Waals surface area contributed by atoms with Gasteiger partial charge in [-0.1, -0.05) is 13.8 Å². The maximum absolute atomic E-state index is 9.54. The van der Waals surface area contributed by atoms with Gasteiger partial charge in [0.25, 0.3) is 0 Å². The van der Waals surface area contributed by atoms with Gasteiger partial charge in [0, 0.05) is 0 Å². The summed E-state index contributed by atoms with van der Waals surface area (Å²) in [7, 11) is 0. The van der Waals surface area contributed by atoms with Crippen molar-refractivity contribution in [3.63, 3.8) is 0 Å². The molecule has 0 atom stereocenters. The fourth-order valence-electron chi connectivity index (χ4n) is 0.379. The molecule has 0 bridgehead atoms. The number of carbonyl (C=O) groups is 2. The molecule has 0 radical (unpaired) electrons. The van der Waals surface area contributed by atoms with Crippen molar-refractivity contribution >= 4 is 12.3 Å². The molecular weight excluding hydrogens is 192 g/mol. The van der Waals surface area contributed by atoms with E-state index in [2.05, 4.69) is 9.47 Å². The van der Waals surface area contributed by atoms with E-state index < -0.39 is 12.3 Å². The van der Waals surface area contributed by atoms with Crippen LogP contribution in [0.2, 0.25) is 0 Å². The lowest BCUT2D eigenvalue weighted by molar-refractivity contribution is 0.0905. The van der Waals surface area contributed by atoms with Crippen LogP contribution in [0, 0.1) is 0 Å². The van der Waals surface area contributed by atoms with E-state index in [1.54, 1.807) is 0 Å². The third-order valence-electron chi connectivity index (χ3n) is 0.859. The third-order valence-corrected chi connectivity index (χ3v) is 0.859. The first kappa shape index (κ1) is 15.0. The molecule has 14 heavy (non-hydrogen) atoms. The van der Waals surface area contributed by atoms with E-state index in [-0.39, 0.29) is 0 Å². The third kappa shape index (κ3) is 22.4. The summed E-state index contributed by atoms with van der Waals surface area (Å²) in [4.78, 5) is 19.1. The Balaban J connectivity index is 0. The summed E-state index contributed by atoms with van der Waals surface area (Å²) in [5.74, 6) is 0. The molecule has 0 saturated heterocycles. The van der Waals surface area contributed by atoms with E-state index in [1.807, 2.05) is 13.8 Å². The molecule has 0 saturated carbocycles. The lowest BCUT2D eigenvalue weighted by atomic mass is 10.5. The van der Waals surface area contributed by atoms with E-state index in [0.29, 0.717) is 13.2 Å².